The molecular formula is C11H17N5O. The van der Waals surface area contributed by atoms with Gasteiger partial charge < -0.3 is 16.4 Å². The molecule has 0 unspecified atom stereocenters. The Morgan fingerprint density at radius 3 is 2.88 bits per heavy atom. The number of anilines is 2. The summed E-state index contributed by atoms with van der Waals surface area (Å²) in [7, 11) is 0. The summed E-state index contributed by atoms with van der Waals surface area (Å²) in [5.74, 6) is 1.36. The predicted octanol–water partition coefficient (Wildman–Crippen LogP) is 0.305. The number of aromatic nitrogens is 2. The molecule has 1 amide bonds. The van der Waals surface area contributed by atoms with Crippen LogP contribution in [-0.2, 0) is 4.79 Å². The molecule has 0 bridgehead atoms. The number of rotatable bonds is 5. The number of carbonyl (C=O) groups is 1. The number of hydrogen-bond acceptors (Lipinski definition) is 5. The van der Waals surface area contributed by atoms with Crippen LogP contribution in [0.3, 0.4) is 0 Å². The van der Waals surface area contributed by atoms with Crippen LogP contribution in [0.2, 0.25) is 0 Å². The number of carbonyl (C=O) groups excluding carboxylic acids is 1. The number of hydrogen-bond donors (Lipinski definition) is 3. The number of nitrogens with two attached hydrogens (primary N) is 1. The molecule has 17 heavy (non-hydrogen) atoms. The average Bonchev–Trinajstić information content (AvgIpc) is 3.06. The van der Waals surface area contributed by atoms with E-state index < -0.39 is 0 Å². The third kappa shape index (κ3) is 3.58. The Hall–Kier alpha value is -1.85. The van der Waals surface area contributed by atoms with Gasteiger partial charge in [-0.15, -0.1) is 0 Å². The predicted molar refractivity (Wildman–Crippen MR) is 65.4 cm³/mol. The van der Waals surface area contributed by atoms with Crippen molar-refractivity contribution in [3.63, 3.8) is 0 Å². The number of nitrogens with zero attached hydrogens (tertiary/aromatic N) is 2. The fraction of sp³-hybridized carbons (Fsp3) is 0.545. The third-order valence-corrected chi connectivity index (χ3v) is 2.55. The van der Waals surface area contributed by atoms with Gasteiger partial charge in [0.2, 0.25) is 11.9 Å². The molecule has 1 heterocycles. The van der Waals surface area contributed by atoms with Gasteiger partial charge in [0, 0.05) is 30.8 Å². The molecule has 0 aromatic carbocycles. The quantitative estimate of drug-likeness (QED) is 0.638. The summed E-state index contributed by atoms with van der Waals surface area (Å²) in [4.78, 5) is 19.4. The topological polar surface area (TPSA) is 92.9 Å². The summed E-state index contributed by atoms with van der Waals surface area (Å²) < 4.78 is 0. The monoisotopic (exact) mass is 235 g/mol. The third-order valence-electron chi connectivity index (χ3n) is 2.55. The van der Waals surface area contributed by atoms with E-state index in [1.165, 1.54) is 0 Å². The van der Waals surface area contributed by atoms with Crippen molar-refractivity contribution in [2.24, 2.45) is 5.92 Å². The minimum atomic E-state index is 0.158. The minimum absolute atomic E-state index is 0.158. The van der Waals surface area contributed by atoms with Gasteiger partial charge in [-0.1, -0.05) is 0 Å². The van der Waals surface area contributed by atoms with Crippen LogP contribution in [-0.4, -0.2) is 29.0 Å². The normalized spacial score (nSPS) is 14.4. The van der Waals surface area contributed by atoms with Crippen LogP contribution < -0.4 is 16.4 Å². The molecule has 1 aromatic heterocycles. The first-order valence-electron chi connectivity index (χ1n) is 5.78. The zero-order valence-electron chi connectivity index (χ0n) is 9.86. The van der Waals surface area contributed by atoms with Crippen molar-refractivity contribution < 1.29 is 4.79 Å². The number of nitrogen functional groups attached to an aromatic ring is 1. The summed E-state index contributed by atoms with van der Waals surface area (Å²) in [6.45, 7) is 3.09. The molecule has 4 N–H and O–H groups in total. The highest BCUT2D eigenvalue weighted by molar-refractivity contribution is 5.80. The Balaban J connectivity index is 1.71. The molecule has 1 aliphatic carbocycles. The molecule has 1 saturated carbocycles. The van der Waals surface area contributed by atoms with Gasteiger partial charge in [-0.25, -0.2) is 4.98 Å². The lowest BCUT2D eigenvalue weighted by Crippen LogP contribution is -2.30. The van der Waals surface area contributed by atoms with Crippen molar-refractivity contribution in [3.05, 3.63) is 11.8 Å². The van der Waals surface area contributed by atoms with Gasteiger partial charge in [0.15, 0.2) is 0 Å². The van der Waals surface area contributed by atoms with E-state index in [2.05, 4.69) is 20.6 Å². The summed E-state index contributed by atoms with van der Waals surface area (Å²) in [5.41, 5.74) is 6.35. The molecule has 1 aromatic rings. The van der Waals surface area contributed by atoms with Crippen molar-refractivity contribution in [1.82, 2.24) is 15.3 Å². The Bertz CT molecular complexity index is 396. The van der Waals surface area contributed by atoms with Gasteiger partial charge in [0.25, 0.3) is 0 Å². The molecular weight excluding hydrogens is 218 g/mol. The lowest BCUT2D eigenvalue weighted by molar-refractivity contribution is -0.122. The van der Waals surface area contributed by atoms with E-state index in [1.54, 1.807) is 0 Å². The standard InChI is InChI=1S/C11H17N5O/c1-7-6-9(16-11(12)15-7)13-4-5-14-10(17)8-2-3-8/h6,8H,2-5H2,1H3,(H,14,17)(H3,12,13,15,16). The van der Waals surface area contributed by atoms with Gasteiger partial charge in [-0.2, -0.15) is 4.98 Å². The maximum absolute atomic E-state index is 11.3. The van der Waals surface area contributed by atoms with Crippen molar-refractivity contribution in [1.29, 1.82) is 0 Å². The Kier molecular flexibility index (Phi) is 3.41. The zero-order valence-corrected chi connectivity index (χ0v) is 9.86. The molecule has 0 saturated heterocycles. The second-order valence-corrected chi connectivity index (χ2v) is 4.24. The van der Waals surface area contributed by atoms with E-state index in [9.17, 15) is 4.79 Å². The van der Waals surface area contributed by atoms with E-state index in [4.69, 9.17) is 5.73 Å². The zero-order chi connectivity index (χ0) is 12.3. The van der Waals surface area contributed by atoms with E-state index in [0.717, 1.165) is 18.5 Å². The molecule has 6 nitrogen and oxygen atoms in total. The first-order valence-corrected chi connectivity index (χ1v) is 5.78. The van der Waals surface area contributed by atoms with Crippen molar-refractivity contribution in [2.45, 2.75) is 19.8 Å². The molecule has 92 valence electrons. The molecule has 0 radical (unpaired) electrons. The van der Waals surface area contributed by atoms with Crippen LogP contribution in [0.4, 0.5) is 11.8 Å². The van der Waals surface area contributed by atoms with Crippen LogP contribution >= 0.6 is 0 Å². The SMILES string of the molecule is Cc1cc(NCCNC(=O)C2CC2)nc(N)n1. The summed E-state index contributed by atoms with van der Waals surface area (Å²) in [6.07, 6.45) is 2.06. The molecule has 1 fully saturated rings. The van der Waals surface area contributed by atoms with Gasteiger partial charge in [0.05, 0.1) is 0 Å². The first kappa shape index (κ1) is 11.6. The molecule has 2 rings (SSSR count). The van der Waals surface area contributed by atoms with Crippen LogP contribution in [0.25, 0.3) is 0 Å². The second-order valence-electron chi connectivity index (χ2n) is 4.24. The lowest BCUT2D eigenvalue weighted by Gasteiger charge is -2.07. The molecule has 0 aliphatic heterocycles. The van der Waals surface area contributed by atoms with Crippen molar-refractivity contribution in [3.8, 4) is 0 Å². The highest BCUT2D eigenvalue weighted by Gasteiger charge is 2.28. The largest absolute Gasteiger partial charge is 0.368 e. The molecule has 0 spiro atoms. The van der Waals surface area contributed by atoms with Crippen LogP contribution in [0.1, 0.15) is 18.5 Å². The van der Waals surface area contributed by atoms with Gasteiger partial charge in [-0.3, -0.25) is 4.79 Å². The number of amides is 1. The Labute approximate surface area is 100 Å². The maximum atomic E-state index is 11.3. The molecule has 6 heteroatoms. The average molecular weight is 235 g/mol. The van der Waals surface area contributed by atoms with Gasteiger partial charge >= 0.3 is 0 Å². The van der Waals surface area contributed by atoms with Gasteiger partial charge in [0.1, 0.15) is 5.82 Å². The summed E-state index contributed by atoms with van der Waals surface area (Å²) >= 11 is 0. The molecule has 0 atom stereocenters. The summed E-state index contributed by atoms with van der Waals surface area (Å²) in [5, 5.41) is 5.96. The van der Waals surface area contributed by atoms with Crippen LogP contribution in [0.15, 0.2) is 6.07 Å². The highest BCUT2D eigenvalue weighted by atomic mass is 16.2. The van der Waals surface area contributed by atoms with Crippen LogP contribution in [0.5, 0.6) is 0 Å². The fourth-order valence-corrected chi connectivity index (χ4v) is 1.55. The smallest absolute Gasteiger partial charge is 0.223 e. The second kappa shape index (κ2) is 4.99. The van der Waals surface area contributed by atoms with Crippen molar-refractivity contribution >= 4 is 17.7 Å². The van der Waals surface area contributed by atoms with Crippen LogP contribution in [0, 0.1) is 12.8 Å². The van der Waals surface area contributed by atoms with E-state index in [-0.39, 0.29) is 17.8 Å². The lowest BCUT2D eigenvalue weighted by atomic mass is 10.4. The maximum Gasteiger partial charge on any atom is 0.223 e. The van der Waals surface area contributed by atoms with E-state index in [1.807, 2.05) is 13.0 Å². The first-order chi connectivity index (χ1) is 8.15. The Morgan fingerprint density at radius 1 is 1.47 bits per heavy atom. The Morgan fingerprint density at radius 2 is 2.24 bits per heavy atom. The fourth-order valence-electron chi connectivity index (χ4n) is 1.55. The summed E-state index contributed by atoms with van der Waals surface area (Å²) in [6, 6.07) is 1.82. The molecule has 1 aliphatic rings. The minimum Gasteiger partial charge on any atom is -0.368 e. The van der Waals surface area contributed by atoms with E-state index >= 15 is 0 Å². The van der Waals surface area contributed by atoms with Crippen molar-refractivity contribution in [2.75, 3.05) is 24.1 Å². The highest BCUT2D eigenvalue weighted by Crippen LogP contribution is 2.28. The number of aryl methyl sites for hydroxylation is 1. The van der Waals surface area contributed by atoms with Gasteiger partial charge in [-0.05, 0) is 19.8 Å². The van der Waals surface area contributed by atoms with E-state index in [0.29, 0.717) is 18.9 Å². The number of nitrogens with one attached hydrogen (secondary N) is 2.